The molecular formula is C12H23N3O. The van der Waals surface area contributed by atoms with Crippen LogP contribution in [0, 0.1) is 0 Å². The van der Waals surface area contributed by atoms with Gasteiger partial charge in [-0.3, -0.25) is 4.68 Å². The Balaban J connectivity index is 2.68. The molecular weight excluding hydrogens is 202 g/mol. The molecule has 1 heterocycles. The van der Waals surface area contributed by atoms with Crippen molar-refractivity contribution in [2.75, 3.05) is 6.61 Å². The zero-order chi connectivity index (χ0) is 12.0. The number of nitrogens with two attached hydrogens (primary N) is 1. The molecule has 1 rings (SSSR count). The second-order valence-electron chi connectivity index (χ2n) is 3.94. The lowest BCUT2D eigenvalue weighted by Crippen LogP contribution is -2.28. The highest BCUT2D eigenvalue weighted by atomic mass is 16.5. The van der Waals surface area contributed by atoms with Crippen LogP contribution in [0.25, 0.3) is 0 Å². The maximum Gasteiger partial charge on any atom is 0.0768 e. The standard InChI is InChI=1S/C12H23N3O/c1-4-7-11(16-6-3)12(13)10-8-14-15(5-2)9-10/h8-9,11-12H,4-7,13H2,1-3H3. The second-order valence-corrected chi connectivity index (χ2v) is 3.94. The van der Waals surface area contributed by atoms with Gasteiger partial charge < -0.3 is 10.5 Å². The molecule has 0 fully saturated rings. The van der Waals surface area contributed by atoms with Crippen molar-refractivity contribution in [2.24, 2.45) is 5.73 Å². The minimum Gasteiger partial charge on any atom is -0.377 e. The number of hydrogen-bond acceptors (Lipinski definition) is 3. The SMILES string of the molecule is CCCC(OCC)C(N)c1cnn(CC)c1. The molecule has 0 saturated heterocycles. The molecule has 2 atom stereocenters. The highest BCUT2D eigenvalue weighted by Gasteiger charge is 2.20. The van der Waals surface area contributed by atoms with Gasteiger partial charge in [0.2, 0.25) is 0 Å². The second kappa shape index (κ2) is 6.66. The molecule has 0 bridgehead atoms. The van der Waals surface area contributed by atoms with Crippen molar-refractivity contribution in [3.05, 3.63) is 18.0 Å². The van der Waals surface area contributed by atoms with Crippen molar-refractivity contribution in [3.8, 4) is 0 Å². The van der Waals surface area contributed by atoms with E-state index in [-0.39, 0.29) is 12.1 Å². The van der Waals surface area contributed by atoms with Crippen LogP contribution < -0.4 is 5.73 Å². The Morgan fingerprint density at radius 1 is 1.44 bits per heavy atom. The van der Waals surface area contributed by atoms with Crippen LogP contribution in [0.3, 0.4) is 0 Å². The van der Waals surface area contributed by atoms with Crippen molar-refractivity contribution in [3.63, 3.8) is 0 Å². The first-order valence-electron chi connectivity index (χ1n) is 6.12. The van der Waals surface area contributed by atoms with Crippen LogP contribution in [0.15, 0.2) is 12.4 Å². The minimum atomic E-state index is -0.0693. The normalized spacial score (nSPS) is 15.0. The van der Waals surface area contributed by atoms with Gasteiger partial charge >= 0.3 is 0 Å². The van der Waals surface area contributed by atoms with Crippen LogP contribution in [0.1, 0.15) is 45.2 Å². The van der Waals surface area contributed by atoms with E-state index >= 15 is 0 Å². The third-order valence-corrected chi connectivity index (χ3v) is 2.72. The van der Waals surface area contributed by atoms with Crippen molar-refractivity contribution in [1.82, 2.24) is 9.78 Å². The van der Waals surface area contributed by atoms with Crippen molar-refractivity contribution in [2.45, 2.75) is 52.3 Å². The molecule has 0 spiro atoms. The van der Waals surface area contributed by atoms with E-state index < -0.39 is 0 Å². The van der Waals surface area contributed by atoms with E-state index in [2.05, 4.69) is 18.9 Å². The molecule has 4 heteroatoms. The smallest absolute Gasteiger partial charge is 0.0768 e. The predicted molar refractivity (Wildman–Crippen MR) is 65.2 cm³/mol. The summed E-state index contributed by atoms with van der Waals surface area (Å²) in [5, 5.41) is 4.24. The zero-order valence-corrected chi connectivity index (χ0v) is 10.5. The summed E-state index contributed by atoms with van der Waals surface area (Å²) in [6, 6.07) is -0.0693. The van der Waals surface area contributed by atoms with E-state index in [0.29, 0.717) is 6.61 Å². The van der Waals surface area contributed by atoms with Gasteiger partial charge in [-0.2, -0.15) is 5.10 Å². The van der Waals surface area contributed by atoms with E-state index in [0.717, 1.165) is 24.9 Å². The van der Waals surface area contributed by atoms with Crippen LogP contribution in [-0.4, -0.2) is 22.5 Å². The Morgan fingerprint density at radius 2 is 2.19 bits per heavy atom. The first kappa shape index (κ1) is 13.2. The van der Waals surface area contributed by atoms with Crippen molar-refractivity contribution >= 4 is 0 Å². The molecule has 1 aromatic heterocycles. The summed E-state index contributed by atoms with van der Waals surface area (Å²) in [5.74, 6) is 0. The largest absolute Gasteiger partial charge is 0.377 e. The average molecular weight is 225 g/mol. The Morgan fingerprint density at radius 3 is 2.69 bits per heavy atom. The van der Waals surface area contributed by atoms with Crippen LogP contribution >= 0.6 is 0 Å². The van der Waals surface area contributed by atoms with E-state index in [1.54, 1.807) is 0 Å². The van der Waals surface area contributed by atoms with Crippen LogP contribution in [0.5, 0.6) is 0 Å². The van der Waals surface area contributed by atoms with E-state index in [1.807, 2.05) is 24.0 Å². The van der Waals surface area contributed by atoms with Crippen molar-refractivity contribution < 1.29 is 4.74 Å². The topological polar surface area (TPSA) is 53.1 Å². The van der Waals surface area contributed by atoms with Crippen LogP contribution in [0.2, 0.25) is 0 Å². The quantitative estimate of drug-likeness (QED) is 0.773. The molecule has 2 N–H and O–H groups in total. The molecule has 16 heavy (non-hydrogen) atoms. The van der Waals surface area contributed by atoms with Gasteiger partial charge in [-0.15, -0.1) is 0 Å². The average Bonchev–Trinajstić information content (AvgIpc) is 2.76. The fourth-order valence-electron chi connectivity index (χ4n) is 1.80. The number of hydrogen-bond donors (Lipinski definition) is 1. The fraction of sp³-hybridized carbons (Fsp3) is 0.750. The van der Waals surface area contributed by atoms with Gasteiger partial charge in [0, 0.05) is 24.9 Å². The number of aryl methyl sites for hydroxylation is 1. The maximum absolute atomic E-state index is 6.20. The molecule has 0 radical (unpaired) electrons. The van der Waals surface area contributed by atoms with Crippen LogP contribution in [-0.2, 0) is 11.3 Å². The molecule has 0 aliphatic rings. The third kappa shape index (κ3) is 3.32. The zero-order valence-electron chi connectivity index (χ0n) is 10.5. The highest BCUT2D eigenvalue weighted by molar-refractivity contribution is 5.11. The van der Waals surface area contributed by atoms with Gasteiger partial charge in [-0.05, 0) is 20.3 Å². The molecule has 0 aromatic carbocycles. The van der Waals surface area contributed by atoms with E-state index in [4.69, 9.17) is 10.5 Å². The van der Waals surface area contributed by atoms with E-state index in [1.165, 1.54) is 0 Å². The lowest BCUT2D eigenvalue weighted by atomic mass is 10.0. The number of nitrogens with zero attached hydrogens (tertiary/aromatic N) is 2. The molecule has 2 unspecified atom stereocenters. The molecule has 0 aliphatic carbocycles. The van der Waals surface area contributed by atoms with E-state index in [9.17, 15) is 0 Å². The Bertz CT molecular complexity index is 292. The summed E-state index contributed by atoms with van der Waals surface area (Å²) in [5.41, 5.74) is 7.26. The van der Waals surface area contributed by atoms with Gasteiger partial charge in [0.25, 0.3) is 0 Å². The summed E-state index contributed by atoms with van der Waals surface area (Å²) in [7, 11) is 0. The van der Waals surface area contributed by atoms with Gasteiger partial charge in [0.05, 0.1) is 18.3 Å². The molecule has 92 valence electrons. The number of ether oxygens (including phenoxy) is 1. The van der Waals surface area contributed by atoms with Crippen LogP contribution in [0.4, 0.5) is 0 Å². The van der Waals surface area contributed by atoms with Gasteiger partial charge in [0.1, 0.15) is 0 Å². The van der Waals surface area contributed by atoms with Crippen molar-refractivity contribution in [1.29, 1.82) is 0 Å². The lowest BCUT2D eigenvalue weighted by Gasteiger charge is -2.22. The molecule has 0 aliphatic heterocycles. The molecule has 4 nitrogen and oxygen atoms in total. The maximum atomic E-state index is 6.20. The highest BCUT2D eigenvalue weighted by Crippen LogP contribution is 2.19. The molecule has 1 aromatic rings. The summed E-state index contributed by atoms with van der Waals surface area (Å²) in [6.45, 7) is 7.80. The van der Waals surface area contributed by atoms with Gasteiger partial charge in [0.15, 0.2) is 0 Å². The Hall–Kier alpha value is -0.870. The summed E-state index contributed by atoms with van der Waals surface area (Å²) < 4.78 is 7.57. The molecule has 0 amide bonds. The van der Waals surface area contributed by atoms with Gasteiger partial charge in [-0.25, -0.2) is 0 Å². The summed E-state index contributed by atoms with van der Waals surface area (Å²) in [4.78, 5) is 0. The third-order valence-electron chi connectivity index (χ3n) is 2.72. The Labute approximate surface area is 97.8 Å². The fourth-order valence-corrected chi connectivity index (χ4v) is 1.80. The first-order valence-corrected chi connectivity index (χ1v) is 6.12. The minimum absolute atomic E-state index is 0.0693. The summed E-state index contributed by atoms with van der Waals surface area (Å²) in [6.07, 6.45) is 6.03. The number of rotatable bonds is 7. The number of aromatic nitrogens is 2. The lowest BCUT2D eigenvalue weighted by molar-refractivity contribution is 0.0374. The Kier molecular flexibility index (Phi) is 5.49. The first-order chi connectivity index (χ1) is 7.72. The van der Waals surface area contributed by atoms with Gasteiger partial charge in [-0.1, -0.05) is 13.3 Å². The summed E-state index contributed by atoms with van der Waals surface area (Å²) >= 11 is 0. The predicted octanol–water partition coefficient (Wildman–Crippen LogP) is 2.11. The monoisotopic (exact) mass is 225 g/mol. The molecule has 0 saturated carbocycles.